The van der Waals surface area contributed by atoms with E-state index in [9.17, 15) is 0 Å². The molecule has 0 saturated heterocycles. The van der Waals surface area contributed by atoms with Crippen LogP contribution in [-0.4, -0.2) is 13.2 Å². The quantitative estimate of drug-likeness (QED) is 0.453. The van der Waals surface area contributed by atoms with Crippen LogP contribution in [0.4, 0.5) is 0 Å². The second kappa shape index (κ2) is 7.03. The molecular weight excluding hydrogens is 126 g/mol. The number of hydrogen-bond acceptors (Lipinski definition) is 2. The van der Waals surface area contributed by atoms with Crippen molar-refractivity contribution in [2.75, 3.05) is 13.2 Å². The van der Waals surface area contributed by atoms with Crippen molar-refractivity contribution < 1.29 is 4.84 Å². The molecule has 0 aliphatic rings. The van der Waals surface area contributed by atoms with E-state index in [4.69, 9.17) is 4.84 Å². The van der Waals surface area contributed by atoms with E-state index in [0.29, 0.717) is 12.5 Å². The molecule has 61 valence electrons. The summed E-state index contributed by atoms with van der Waals surface area (Å²) in [7, 11) is 0. The predicted octanol–water partition coefficient (Wildman–Crippen LogP) is 1.78. The van der Waals surface area contributed by atoms with Gasteiger partial charge in [0, 0.05) is 6.54 Å². The summed E-state index contributed by atoms with van der Waals surface area (Å²) in [5.74, 6) is 0.694. The summed E-state index contributed by atoms with van der Waals surface area (Å²) in [6, 6.07) is 0. The van der Waals surface area contributed by atoms with Crippen LogP contribution < -0.4 is 5.48 Å². The first-order valence-electron chi connectivity index (χ1n) is 3.99. The van der Waals surface area contributed by atoms with E-state index < -0.39 is 0 Å². The highest BCUT2D eigenvalue weighted by Gasteiger charge is 2.01. The van der Waals surface area contributed by atoms with Gasteiger partial charge in [-0.05, 0) is 12.8 Å². The largest absolute Gasteiger partial charge is 0.302 e. The molecule has 0 spiro atoms. The second-order valence-corrected chi connectivity index (χ2v) is 2.39. The van der Waals surface area contributed by atoms with Gasteiger partial charge in [-0.3, -0.25) is 0 Å². The monoisotopic (exact) mass is 144 g/mol. The smallest absolute Gasteiger partial charge is 0.0710 e. The fourth-order valence-corrected chi connectivity index (χ4v) is 0.773. The van der Waals surface area contributed by atoms with E-state index in [1.54, 1.807) is 0 Å². The fourth-order valence-electron chi connectivity index (χ4n) is 0.773. The van der Waals surface area contributed by atoms with Gasteiger partial charge in [-0.1, -0.05) is 26.7 Å². The molecule has 0 amide bonds. The molecule has 1 radical (unpaired) electrons. The summed E-state index contributed by atoms with van der Waals surface area (Å²) in [6.45, 7) is 9.41. The SMILES string of the molecule is [CH2]CNOCC(CC)CC. The normalized spacial score (nSPS) is 10.8. The summed E-state index contributed by atoms with van der Waals surface area (Å²) >= 11 is 0. The zero-order chi connectivity index (χ0) is 7.82. The lowest BCUT2D eigenvalue weighted by Crippen LogP contribution is -2.18. The standard InChI is InChI=1S/C8H18NO/c1-4-8(5-2)7-10-9-6-3/h8-9H,3-7H2,1-2H3. The maximum Gasteiger partial charge on any atom is 0.0710 e. The van der Waals surface area contributed by atoms with Crippen LogP contribution in [0.15, 0.2) is 0 Å². The number of hydroxylamine groups is 1. The van der Waals surface area contributed by atoms with Gasteiger partial charge in [0.05, 0.1) is 6.61 Å². The molecule has 0 fully saturated rings. The molecular formula is C8H18NO. The lowest BCUT2D eigenvalue weighted by molar-refractivity contribution is 0.0213. The molecule has 1 N–H and O–H groups in total. The van der Waals surface area contributed by atoms with Gasteiger partial charge >= 0.3 is 0 Å². The molecule has 0 unspecified atom stereocenters. The van der Waals surface area contributed by atoms with Gasteiger partial charge < -0.3 is 4.84 Å². The topological polar surface area (TPSA) is 21.3 Å². The second-order valence-electron chi connectivity index (χ2n) is 2.39. The molecule has 0 aromatic rings. The molecule has 2 heteroatoms. The van der Waals surface area contributed by atoms with Crippen LogP contribution in [0, 0.1) is 12.8 Å². The van der Waals surface area contributed by atoms with Crippen LogP contribution in [0.5, 0.6) is 0 Å². The average Bonchev–Trinajstić information content (AvgIpc) is 1.99. The molecule has 2 nitrogen and oxygen atoms in total. The lowest BCUT2D eigenvalue weighted by Gasteiger charge is -2.11. The Morgan fingerprint density at radius 3 is 2.40 bits per heavy atom. The Morgan fingerprint density at radius 2 is 2.00 bits per heavy atom. The molecule has 0 saturated carbocycles. The molecule has 0 heterocycles. The van der Waals surface area contributed by atoms with Gasteiger partial charge in [-0.25, -0.2) is 5.48 Å². The van der Waals surface area contributed by atoms with Crippen molar-refractivity contribution in [2.45, 2.75) is 26.7 Å². The summed E-state index contributed by atoms with van der Waals surface area (Å²) in [6.07, 6.45) is 2.38. The van der Waals surface area contributed by atoms with Gasteiger partial charge in [0.15, 0.2) is 0 Å². The Labute approximate surface area is 63.9 Å². The minimum atomic E-state index is 0.639. The summed E-state index contributed by atoms with van der Waals surface area (Å²) in [5, 5.41) is 0. The molecule has 0 aliphatic carbocycles. The van der Waals surface area contributed by atoms with Crippen LogP contribution in [-0.2, 0) is 4.84 Å². The van der Waals surface area contributed by atoms with E-state index in [-0.39, 0.29) is 0 Å². The molecule has 0 aliphatic heterocycles. The fraction of sp³-hybridized carbons (Fsp3) is 0.875. The number of hydrogen-bond donors (Lipinski definition) is 1. The van der Waals surface area contributed by atoms with Crippen LogP contribution in [0.3, 0.4) is 0 Å². The first-order chi connectivity index (χ1) is 4.85. The van der Waals surface area contributed by atoms with Crippen molar-refractivity contribution in [3.05, 3.63) is 6.92 Å². The highest BCUT2D eigenvalue weighted by atomic mass is 16.6. The third-order valence-corrected chi connectivity index (χ3v) is 1.68. The van der Waals surface area contributed by atoms with Crippen LogP contribution >= 0.6 is 0 Å². The maximum absolute atomic E-state index is 5.11. The average molecular weight is 144 g/mol. The zero-order valence-corrected chi connectivity index (χ0v) is 7.02. The third-order valence-electron chi connectivity index (χ3n) is 1.68. The van der Waals surface area contributed by atoms with Crippen molar-refractivity contribution in [3.63, 3.8) is 0 Å². The Hall–Kier alpha value is -0.0800. The summed E-state index contributed by atoms with van der Waals surface area (Å²) < 4.78 is 0. The van der Waals surface area contributed by atoms with E-state index in [1.807, 2.05) is 0 Å². The van der Waals surface area contributed by atoms with Crippen molar-refractivity contribution in [2.24, 2.45) is 5.92 Å². The molecule has 0 rings (SSSR count). The first kappa shape index (κ1) is 9.92. The van der Waals surface area contributed by atoms with Gasteiger partial charge in [-0.15, -0.1) is 0 Å². The molecule has 10 heavy (non-hydrogen) atoms. The van der Waals surface area contributed by atoms with E-state index >= 15 is 0 Å². The Bertz CT molecular complexity index is 62.3. The van der Waals surface area contributed by atoms with Crippen molar-refractivity contribution in [1.29, 1.82) is 0 Å². The van der Waals surface area contributed by atoms with Crippen molar-refractivity contribution in [1.82, 2.24) is 5.48 Å². The van der Waals surface area contributed by atoms with E-state index in [0.717, 1.165) is 6.61 Å². The van der Waals surface area contributed by atoms with Gasteiger partial charge in [0.1, 0.15) is 0 Å². The van der Waals surface area contributed by atoms with Crippen molar-refractivity contribution >= 4 is 0 Å². The highest BCUT2D eigenvalue weighted by molar-refractivity contribution is 4.51. The molecule has 0 aromatic heterocycles. The predicted molar refractivity (Wildman–Crippen MR) is 43.4 cm³/mol. The van der Waals surface area contributed by atoms with Crippen molar-refractivity contribution in [3.8, 4) is 0 Å². The zero-order valence-electron chi connectivity index (χ0n) is 7.02. The Morgan fingerprint density at radius 1 is 1.40 bits per heavy atom. The lowest BCUT2D eigenvalue weighted by atomic mass is 10.1. The minimum absolute atomic E-state index is 0.639. The van der Waals surface area contributed by atoms with Gasteiger partial charge in [0.25, 0.3) is 0 Å². The van der Waals surface area contributed by atoms with E-state index in [1.165, 1.54) is 12.8 Å². The maximum atomic E-state index is 5.11. The van der Waals surface area contributed by atoms with Crippen LogP contribution in [0.1, 0.15) is 26.7 Å². The first-order valence-corrected chi connectivity index (χ1v) is 3.99. The third kappa shape index (κ3) is 4.77. The van der Waals surface area contributed by atoms with Gasteiger partial charge in [0.2, 0.25) is 0 Å². The van der Waals surface area contributed by atoms with Crippen LogP contribution in [0.2, 0.25) is 0 Å². The number of nitrogens with one attached hydrogen (secondary N) is 1. The summed E-state index contributed by atoms with van der Waals surface area (Å²) in [4.78, 5) is 5.11. The Kier molecular flexibility index (Phi) is 6.98. The Balaban J connectivity index is 3.09. The summed E-state index contributed by atoms with van der Waals surface area (Å²) in [5.41, 5.74) is 2.74. The van der Waals surface area contributed by atoms with Gasteiger partial charge in [-0.2, -0.15) is 0 Å². The van der Waals surface area contributed by atoms with E-state index in [2.05, 4.69) is 26.3 Å². The molecule has 0 atom stereocenters. The highest BCUT2D eigenvalue weighted by Crippen LogP contribution is 2.06. The minimum Gasteiger partial charge on any atom is -0.302 e. The molecule has 0 aromatic carbocycles. The number of rotatable bonds is 6. The molecule has 0 bridgehead atoms. The van der Waals surface area contributed by atoms with Crippen LogP contribution in [0.25, 0.3) is 0 Å².